The van der Waals surface area contributed by atoms with Gasteiger partial charge in [0, 0.05) is 6.42 Å². The summed E-state index contributed by atoms with van der Waals surface area (Å²) in [5, 5.41) is 15.1. The Kier molecular flexibility index (Phi) is 5.32. The number of hydrogen-bond acceptors (Lipinski definition) is 7. The third-order valence-electron chi connectivity index (χ3n) is 5.35. The summed E-state index contributed by atoms with van der Waals surface area (Å²) >= 11 is 0. The van der Waals surface area contributed by atoms with Crippen molar-refractivity contribution in [2.75, 3.05) is 14.2 Å². The zero-order chi connectivity index (χ0) is 18.0. The first kappa shape index (κ1) is 18.2. The summed E-state index contributed by atoms with van der Waals surface area (Å²) in [7, 11) is 3.14. The Labute approximate surface area is 149 Å². The average Bonchev–Trinajstić information content (AvgIpc) is 3.03. The van der Waals surface area contributed by atoms with Gasteiger partial charge in [0.2, 0.25) is 11.8 Å². The maximum absolute atomic E-state index is 10.9. The van der Waals surface area contributed by atoms with E-state index in [1.807, 2.05) is 0 Å². The first-order valence-corrected chi connectivity index (χ1v) is 9.16. The molecule has 0 aromatic rings. The first-order chi connectivity index (χ1) is 12.0. The summed E-state index contributed by atoms with van der Waals surface area (Å²) < 4.78 is 10.8. The summed E-state index contributed by atoms with van der Waals surface area (Å²) in [6.07, 6.45) is 5.25. The van der Waals surface area contributed by atoms with E-state index in [4.69, 9.17) is 14.3 Å². The molecule has 0 bridgehead atoms. The molecule has 1 spiro atoms. The van der Waals surface area contributed by atoms with Crippen molar-refractivity contribution < 1.29 is 19.4 Å². The van der Waals surface area contributed by atoms with Gasteiger partial charge in [-0.25, -0.2) is 9.98 Å². The Morgan fingerprint density at radius 3 is 2.24 bits per heavy atom. The number of rotatable bonds is 3. The van der Waals surface area contributed by atoms with Gasteiger partial charge >= 0.3 is 0 Å². The van der Waals surface area contributed by atoms with Gasteiger partial charge in [-0.15, -0.1) is 0 Å². The van der Waals surface area contributed by atoms with Crippen LogP contribution >= 0.6 is 0 Å². The second kappa shape index (κ2) is 7.32. The zero-order valence-electron chi connectivity index (χ0n) is 15.6. The number of hydrogen-bond donors (Lipinski definition) is 1. The number of aliphatic hydroxyl groups is 1. The van der Waals surface area contributed by atoms with Crippen LogP contribution in [0, 0.1) is 5.92 Å². The van der Waals surface area contributed by atoms with Gasteiger partial charge in [-0.2, -0.15) is 0 Å². The number of oxime groups is 1. The van der Waals surface area contributed by atoms with E-state index in [2.05, 4.69) is 29.0 Å². The monoisotopic (exact) mass is 351 g/mol. The highest BCUT2D eigenvalue weighted by atomic mass is 16.7. The smallest absolute Gasteiger partial charge is 0.212 e. The lowest BCUT2D eigenvalue weighted by Gasteiger charge is -2.31. The Bertz CT molecular complexity index is 579. The van der Waals surface area contributed by atoms with Crippen LogP contribution in [-0.2, 0) is 14.3 Å². The predicted molar refractivity (Wildman–Crippen MR) is 96.3 cm³/mol. The molecular weight excluding hydrogens is 322 g/mol. The third-order valence-corrected chi connectivity index (χ3v) is 5.35. The van der Waals surface area contributed by atoms with Crippen molar-refractivity contribution in [3.8, 4) is 0 Å². The van der Waals surface area contributed by atoms with Crippen LogP contribution in [0.4, 0.5) is 0 Å². The van der Waals surface area contributed by atoms with Crippen molar-refractivity contribution in [2.45, 2.75) is 76.2 Å². The van der Waals surface area contributed by atoms with Crippen LogP contribution in [0.2, 0.25) is 0 Å². The van der Waals surface area contributed by atoms with Crippen molar-refractivity contribution in [1.82, 2.24) is 0 Å². The number of ether oxygens (including phenoxy) is 2. The van der Waals surface area contributed by atoms with E-state index >= 15 is 0 Å². The summed E-state index contributed by atoms with van der Waals surface area (Å²) in [4.78, 5) is 15.0. The molecule has 0 aromatic heterocycles. The molecule has 2 aliphatic heterocycles. The third kappa shape index (κ3) is 3.52. The van der Waals surface area contributed by atoms with Crippen molar-refractivity contribution >= 4 is 17.5 Å². The Hall–Kier alpha value is -1.63. The van der Waals surface area contributed by atoms with Crippen molar-refractivity contribution in [3.05, 3.63) is 0 Å². The minimum atomic E-state index is -0.918. The molecule has 1 saturated carbocycles. The number of nitrogens with zero attached hydrogens (tertiary/aromatic N) is 3. The van der Waals surface area contributed by atoms with E-state index in [1.54, 1.807) is 14.2 Å². The van der Waals surface area contributed by atoms with E-state index in [0.717, 1.165) is 25.7 Å². The molecule has 7 nitrogen and oxygen atoms in total. The molecule has 1 N–H and O–H groups in total. The molecule has 0 unspecified atom stereocenters. The van der Waals surface area contributed by atoms with Gasteiger partial charge in [0.05, 0.1) is 19.9 Å². The van der Waals surface area contributed by atoms with E-state index < -0.39 is 12.1 Å². The highest BCUT2D eigenvalue weighted by Crippen LogP contribution is 2.39. The minimum absolute atomic E-state index is 0.199. The van der Waals surface area contributed by atoms with Gasteiger partial charge in [-0.05, 0) is 31.6 Å². The number of methoxy groups -OCH3 is 2. The molecule has 2 heterocycles. The van der Waals surface area contributed by atoms with E-state index in [9.17, 15) is 5.11 Å². The van der Waals surface area contributed by atoms with Gasteiger partial charge in [0.25, 0.3) is 0 Å². The summed E-state index contributed by atoms with van der Waals surface area (Å²) in [5.74, 6) is 1.16. The Morgan fingerprint density at radius 1 is 1.04 bits per heavy atom. The number of aliphatic imine (C=N–C) groups is 2. The maximum Gasteiger partial charge on any atom is 0.212 e. The van der Waals surface area contributed by atoms with Crippen molar-refractivity contribution in [2.24, 2.45) is 21.1 Å². The number of aliphatic hydroxyl groups excluding tert-OH is 1. The SMILES string of the molecule is COC1=N[C@H](C(C)C)C(OC)=N[C@H]1[C@H](O)C1=NOC2(CCCCC2)C1. The largest absolute Gasteiger partial charge is 0.483 e. The second-order valence-electron chi connectivity index (χ2n) is 7.52. The lowest BCUT2D eigenvalue weighted by atomic mass is 9.80. The first-order valence-electron chi connectivity index (χ1n) is 9.16. The van der Waals surface area contributed by atoms with Gasteiger partial charge in [0.1, 0.15) is 17.7 Å². The topological polar surface area (TPSA) is 85.0 Å². The van der Waals surface area contributed by atoms with Crippen LogP contribution in [-0.4, -0.2) is 60.6 Å². The molecular formula is C18H29N3O4. The Morgan fingerprint density at radius 2 is 1.64 bits per heavy atom. The molecule has 140 valence electrons. The molecule has 0 aromatic carbocycles. The second-order valence-corrected chi connectivity index (χ2v) is 7.52. The molecule has 3 rings (SSSR count). The highest BCUT2D eigenvalue weighted by molar-refractivity contribution is 6.00. The predicted octanol–water partition coefficient (Wildman–Crippen LogP) is 2.32. The molecule has 3 aliphatic rings. The van der Waals surface area contributed by atoms with Crippen molar-refractivity contribution in [3.63, 3.8) is 0 Å². The summed E-state index contributed by atoms with van der Waals surface area (Å²) in [6, 6.07) is -0.842. The fourth-order valence-electron chi connectivity index (χ4n) is 3.88. The van der Waals surface area contributed by atoms with Crippen LogP contribution in [0.15, 0.2) is 15.1 Å². The zero-order valence-corrected chi connectivity index (χ0v) is 15.6. The lowest BCUT2D eigenvalue weighted by molar-refractivity contribution is -0.0449. The van der Waals surface area contributed by atoms with Crippen LogP contribution in [0.1, 0.15) is 52.4 Å². The van der Waals surface area contributed by atoms with E-state index in [-0.39, 0.29) is 17.6 Å². The molecule has 0 amide bonds. The van der Waals surface area contributed by atoms with Gasteiger partial charge in [0.15, 0.2) is 6.04 Å². The van der Waals surface area contributed by atoms with Crippen molar-refractivity contribution in [1.29, 1.82) is 0 Å². The van der Waals surface area contributed by atoms with Gasteiger partial charge < -0.3 is 19.4 Å². The average molecular weight is 351 g/mol. The van der Waals surface area contributed by atoms with E-state index in [1.165, 1.54) is 6.42 Å². The van der Waals surface area contributed by atoms with Crippen LogP contribution < -0.4 is 0 Å². The summed E-state index contributed by atoms with van der Waals surface area (Å²) in [6.45, 7) is 4.10. The molecule has 7 heteroatoms. The molecule has 1 fully saturated rings. The molecule has 1 aliphatic carbocycles. The maximum atomic E-state index is 10.9. The molecule has 0 radical (unpaired) electrons. The highest BCUT2D eigenvalue weighted by Gasteiger charge is 2.45. The molecule has 3 atom stereocenters. The van der Waals surface area contributed by atoms with Gasteiger partial charge in [-0.1, -0.05) is 25.4 Å². The normalized spacial score (nSPS) is 29.6. The standard InChI is InChI=1S/C18H29N3O4/c1-11(2)13-16(23-3)20-14(17(19-13)24-4)15(22)12-10-18(25-21-12)8-6-5-7-9-18/h11,13-15,22H,5-10H2,1-4H3/t13-,14+,15-/m1/s1. The Balaban J connectivity index is 1.78. The molecule has 25 heavy (non-hydrogen) atoms. The fourth-order valence-corrected chi connectivity index (χ4v) is 3.88. The van der Waals surface area contributed by atoms with Crippen LogP contribution in [0.5, 0.6) is 0 Å². The lowest BCUT2D eigenvalue weighted by Crippen LogP contribution is -2.46. The van der Waals surface area contributed by atoms with Crippen LogP contribution in [0.3, 0.4) is 0 Å². The van der Waals surface area contributed by atoms with E-state index in [0.29, 0.717) is 23.9 Å². The van der Waals surface area contributed by atoms with Gasteiger partial charge in [-0.3, -0.25) is 0 Å². The summed E-state index contributed by atoms with van der Waals surface area (Å²) in [5.41, 5.74) is 0.390. The minimum Gasteiger partial charge on any atom is -0.483 e. The quantitative estimate of drug-likeness (QED) is 0.845. The molecule has 0 saturated heterocycles. The van der Waals surface area contributed by atoms with Crippen LogP contribution in [0.25, 0.3) is 0 Å². The fraction of sp³-hybridized carbons (Fsp3) is 0.833.